The summed E-state index contributed by atoms with van der Waals surface area (Å²) in [7, 11) is 0. The summed E-state index contributed by atoms with van der Waals surface area (Å²) in [5, 5.41) is 14.6. The summed E-state index contributed by atoms with van der Waals surface area (Å²) < 4.78 is 0. The van der Waals surface area contributed by atoms with Gasteiger partial charge in [-0.3, -0.25) is 0 Å². The first-order chi connectivity index (χ1) is 9.69. The van der Waals surface area contributed by atoms with Crippen molar-refractivity contribution in [3.8, 4) is 11.8 Å². The highest BCUT2D eigenvalue weighted by Gasteiger charge is 2.19. The molecular formula is C16H20N2O2. The van der Waals surface area contributed by atoms with Crippen molar-refractivity contribution < 1.29 is 9.90 Å². The molecule has 4 nitrogen and oxygen atoms in total. The fourth-order valence-electron chi connectivity index (χ4n) is 1.98. The number of urea groups is 1. The Morgan fingerprint density at radius 1 is 1.45 bits per heavy atom. The van der Waals surface area contributed by atoms with Gasteiger partial charge >= 0.3 is 6.03 Å². The van der Waals surface area contributed by atoms with Crippen LogP contribution in [0.3, 0.4) is 0 Å². The van der Waals surface area contributed by atoms with Crippen LogP contribution in [-0.2, 0) is 0 Å². The number of aliphatic hydroxyl groups excluding tert-OH is 1. The largest absolute Gasteiger partial charge is 0.395 e. The average molecular weight is 272 g/mol. The van der Waals surface area contributed by atoms with E-state index in [-0.39, 0.29) is 12.6 Å². The molecule has 1 aliphatic rings. The Balaban J connectivity index is 2.06. The van der Waals surface area contributed by atoms with E-state index in [1.807, 2.05) is 25.1 Å². The molecule has 0 heterocycles. The molecule has 0 unspecified atom stereocenters. The molecule has 2 rings (SSSR count). The number of benzene rings is 1. The summed E-state index contributed by atoms with van der Waals surface area (Å²) in [6.07, 6.45) is 3.74. The molecule has 4 heteroatoms. The summed E-state index contributed by atoms with van der Waals surface area (Å²) in [4.78, 5) is 11.9. The SMILES string of the molecule is Cc1ccc(C#CCCO)c(NC(=O)NC2CCC2)c1. The minimum Gasteiger partial charge on any atom is -0.395 e. The zero-order chi connectivity index (χ0) is 14.4. The number of hydrogen-bond donors (Lipinski definition) is 3. The molecule has 1 saturated carbocycles. The van der Waals surface area contributed by atoms with Crippen LogP contribution < -0.4 is 10.6 Å². The number of aliphatic hydroxyl groups is 1. The van der Waals surface area contributed by atoms with E-state index < -0.39 is 0 Å². The second-order valence-corrected chi connectivity index (χ2v) is 5.05. The quantitative estimate of drug-likeness (QED) is 0.740. The van der Waals surface area contributed by atoms with E-state index in [9.17, 15) is 4.79 Å². The molecule has 0 bridgehead atoms. The van der Waals surface area contributed by atoms with Gasteiger partial charge < -0.3 is 15.7 Å². The minimum atomic E-state index is -0.175. The highest BCUT2D eigenvalue weighted by atomic mass is 16.2. The van der Waals surface area contributed by atoms with E-state index in [0.717, 1.165) is 24.0 Å². The van der Waals surface area contributed by atoms with Crippen LogP contribution in [0.4, 0.5) is 10.5 Å². The molecule has 2 amide bonds. The van der Waals surface area contributed by atoms with Gasteiger partial charge in [0.2, 0.25) is 0 Å². The molecule has 0 saturated heterocycles. The van der Waals surface area contributed by atoms with Crippen molar-refractivity contribution in [2.45, 2.75) is 38.6 Å². The molecule has 1 aliphatic carbocycles. The number of nitrogens with one attached hydrogen (secondary N) is 2. The molecule has 0 aromatic heterocycles. The normalized spacial score (nSPS) is 13.9. The summed E-state index contributed by atoms with van der Waals surface area (Å²) in [6, 6.07) is 5.88. The van der Waals surface area contributed by atoms with Crippen molar-refractivity contribution in [2.24, 2.45) is 0 Å². The van der Waals surface area contributed by atoms with E-state index >= 15 is 0 Å². The Morgan fingerprint density at radius 3 is 2.90 bits per heavy atom. The fourth-order valence-corrected chi connectivity index (χ4v) is 1.98. The Kier molecular flexibility index (Phi) is 5.03. The molecule has 0 aliphatic heterocycles. The molecule has 1 aromatic rings. The van der Waals surface area contributed by atoms with Crippen molar-refractivity contribution in [3.63, 3.8) is 0 Å². The first-order valence-corrected chi connectivity index (χ1v) is 6.97. The highest BCUT2D eigenvalue weighted by Crippen LogP contribution is 2.19. The van der Waals surface area contributed by atoms with E-state index in [2.05, 4.69) is 22.5 Å². The average Bonchev–Trinajstić information content (AvgIpc) is 2.37. The molecule has 1 fully saturated rings. The van der Waals surface area contributed by atoms with Crippen LogP contribution in [0.2, 0.25) is 0 Å². The number of amides is 2. The summed E-state index contributed by atoms with van der Waals surface area (Å²) in [6.45, 7) is 2.02. The summed E-state index contributed by atoms with van der Waals surface area (Å²) in [5.74, 6) is 5.85. The van der Waals surface area contributed by atoms with Crippen LogP contribution in [0, 0.1) is 18.8 Å². The van der Waals surface area contributed by atoms with Crippen LogP contribution in [-0.4, -0.2) is 23.8 Å². The van der Waals surface area contributed by atoms with Gasteiger partial charge in [0.15, 0.2) is 0 Å². The standard InChI is InChI=1S/C16H20N2O2/c1-12-8-9-13(5-2-3-10-19)15(11-12)18-16(20)17-14-6-4-7-14/h8-9,11,14,19H,3-4,6-7,10H2,1H3,(H2,17,18,20). The maximum atomic E-state index is 11.9. The number of rotatable bonds is 3. The van der Waals surface area contributed by atoms with E-state index in [1.165, 1.54) is 6.42 Å². The molecule has 1 aromatic carbocycles. The second kappa shape index (κ2) is 6.97. The van der Waals surface area contributed by atoms with Crippen molar-refractivity contribution in [1.29, 1.82) is 0 Å². The minimum absolute atomic E-state index is 0.0454. The summed E-state index contributed by atoms with van der Waals surface area (Å²) >= 11 is 0. The van der Waals surface area contributed by atoms with Gasteiger partial charge in [-0.05, 0) is 43.9 Å². The van der Waals surface area contributed by atoms with Gasteiger partial charge in [-0.2, -0.15) is 0 Å². The lowest BCUT2D eigenvalue weighted by molar-refractivity contribution is 0.240. The van der Waals surface area contributed by atoms with Gasteiger partial charge in [-0.1, -0.05) is 17.9 Å². The summed E-state index contributed by atoms with van der Waals surface area (Å²) in [5.41, 5.74) is 2.55. The van der Waals surface area contributed by atoms with E-state index in [1.54, 1.807) is 0 Å². The lowest BCUT2D eigenvalue weighted by Gasteiger charge is -2.26. The van der Waals surface area contributed by atoms with Gasteiger partial charge in [-0.25, -0.2) is 4.79 Å². The topological polar surface area (TPSA) is 61.4 Å². The number of aryl methyl sites for hydroxylation is 1. The number of carbonyl (C=O) groups is 1. The number of hydrogen-bond acceptors (Lipinski definition) is 2. The van der Waals surface area contributed by atoms with Gasteiger partial charge in [0.25, 0.3) is 0 Å². The first-order valence-electron chi connectivity index (χ1n) is 6.97. The first kappa shape index (κ1) is 14.4. The molecule has 0 atom stereocenters. The zero-order valence-corrected chi connectivity index (χ0v) is 11.7. The van der Waals surface area contributed by atoms with Crippen LogP contribution in [0.15, 0.2) is 18.2 Å². The monoisotopic (exact) mass is 272 g/mol. The molecule has 0 radical (unpaired) electrons. The maximum absolute atomic E-state index is 11.9. The van der Waals surface area contributed by atoms with Crippen LogP contribution in [0.25, 0.3) is 0 Å². The Labute approximate surface area is 119 Å². The van der Waals surface area contributed by atoms with Gasteiger partial charge in [-0.15, -0.1) is 0 Å². The predicted molar refractivity (Wildman–Crippen MR) is 79.6 cm³/mol. The van der Waals surface area contributed by atoms with Crippen LogP contribution >= 0.6 is 0 Å². The number of anilines is 1. The van der Waals surface area contributed by atoms with Gasteiger partial charge in [0.05, 0.1) is 12.3 Å². The lowest BCUT2D eigenvalue weighted by atomic mass is 9.93. The van der Waals surface area contributed by atoms with E-state index in [0.29, 0.717) is 18.2 Å². The van der Waals surface area contributed by atoms with Crippen molar-refractivity contribution in [2.75, 3.05) is 11.9 Å². The molecule has 3 N–H and O–H groups in total. The van der Waals surface area contributed by atoms with Crippen LogP contribution in [0.5, 0.6) is 0 Å². The number of carbonyl (C=O) groups excluding carboxylic acids is 1. The van der Waals surface area contributed by atoms with Crippen molar-refractivity contribution >= 4 is 11.7 Å². The molecule has 0 spiro atoms. The molecule has 106 valence electrons. The third-order valence-electron chi connectivity index (χ3n) is 3.32. The van der Waals surface area contributed by atoms with Crippen molar-refractivity contribution in [3.05, 3.63) is 29.3 Å². The highest BCUT2D eigenvalue weighted by molar-refractivity contribution is 5.91. The Morgan fingerprint density at radius 2 is 2.25 bits per heavy atom. The molecule has 20 heavy (non-hydrogen) atoms. The van der Waals surface area contributed by atoms with Gasteiger partial charge in [0, 0.05) is 18.0 Å². The lowest BCUT2D eigenvalue weighted by Crippen LogP contribution is -2.41. The third kappa shape index (κ3) is 4.01. The van der Waals surface area contributed by atoms with Gasteiger partial charge in [0.1, 0.15) is 0 Å². The van der Waals surface area contributed by atoms with E-state index in [4.69, 9.17) is 5.11 Å². The zero-order valence-electron chi connectivity index (χ0n) is 11.7. The smallest absolute Gasteiger partial charge is 0.319 e. The Bertz CT molecular complexity index is 539. The molecular weight excluding hydrogens is 252 g/mol. The Hall–Kier alpha value is -1.99. The second-order valence-electron chi connectivity index (χ2n) is 5.05. The van der Waals surface area contributed by atoms with Crippen LogP contribution in [0.1, 0.15) is 36.8 Å². The fraction of sp³-hybridized carbons (Fsp3) is 0.438. The third-order valence-corrected chi connectivity index (χ3v) is 3.32. The predicted octanol–water partition coefficient (Wildman–Crippen LogP) is 2.40. The maximum Gasteiger partial charge on any atom is 0.319 e. The van der Waals surface area contributed by atoms with Crippen molar-refractivity contribution in [1.82, 2.24) is 5.32 Å².